The van der Waals surface area contributed by atoms with Gasteiger partial charge in [0.25, 0.3) is 0 Å². The molecule has 2 heteroatoms. The number of furan rings is 1. The summed E-state index contributed by atoms with van der Waals surface area (Å²) in [6, 6.07) is 15.4. The van der Waals surface area contributed by atoms with Gasteiger partial charge >= 0.3 is 0 Å². The molecule has 1 fully saturated rings. The molecule has 5 aromatic rings. The molecule has 0 amide bonds. The first-order valence-corrected chi connectivity index (χ1v) is 11.7. The highest BCUT2D eigenvalue weighted by atomic mass is 16.3. The van der Waals surface area contributed by atoms with Crippen LogP contribution in [0.1, 0.15) is 56.0 Å². The Balaban J connectivity index is 1.55. The molecule has 2 heterocycles. The highest BCUT2D eigenvalue weighted by molar-refractivity contribution is 6.10. The number of aryl methyl sites for hydroxylation is 2. The maximum absolute atomic E-state index is 8.98. The molecule has 0 aliphatic heterocycles. The van der Waals surface area contributed by atoms with E-state index in [9.17, 15) is 0 Å². The second-order valence-corrected chi connectivity index (χ2v) is 9.06. The molecule has 0 saturated heterocycles. The molecule has 33 heavy (non-hydrogen) atoms. The lowest BCUT2D eigenvalue weighted by atomic mass is 9.84. The highest BCUT2D eigenvalue weighted by Gasteiger charge is 2.20. The molecule has 0 spiro atoms. The van der Waals surface area contributed by atoms with Gasteiger partial charge in [0.15, 0.2) is 6.20 Å². The maximum Gasteiger partial charge on any atom is 0.216 e. The summed E-state index contributed by atoms with van der Waals surface area (Å²) in [7, 11) is 2.01. The molecular weight excluding hydrogens is 402 g/mol. The summed E-state index contributed by atoms with van der Waals surface area (Å²) in [5.74, 6) is -1.07. The highest BCUT2D eigenvalue weighted by Crippen LogP contribution is 2.39. The molecule has 3 aromatic carbocycles. The van der Waals surface area contributed by atoms with Crippen molar-refractivity contribution in [2.45, 2.75) is 44.9 Å². The average molecular weight is 438 g/mol. The Labute approximate surface area is 202 Å². The summed E-state index contributed by atoms with van der Waals surface area (Å²) in [5.41, 5.74) is 5.62. The van der Waals surface area contributed by atoms with Crippen LogP contribution in [0.3, 0.4) is 0 Å². The van der Waals surface area contributed by atoms with Gasteiger partial charge in [-0.3, -0.25) is 0 Å². The van der Waals surface area contributed by atoms with Crippen molar-refractivity contribution in [2.24, 2.45) is 7.05 Å². The first kappa shape index (κ1) is 15.4. The molecule has 1 aliphatic rings. The summed E-state index contributed by atoms with van der Waals surface area (Å²) in [6.07, 6.45) is 5.92. The monoisotopic (exact) mass is 437 g/mol. The molecule has 0 bridgehead atoms. The van der Waals surface area contributed by atoms with E-state index < -0.39 is 5.89 Å². The van der Waals surface area contributed by atoms with Crippen LogP contribution in [0, 0.1) is 6.92 Å². The van der Waals surface area contributed by atoms with Crippen LogP contribution < -0.4 is 4.57 Å². The molecule has 2 aromatic heterocycles. The number of fused-ring (bicyclic) bond motifs is 3. The fourth-order valence-electron chi connectivity index (χ4n) is 5.06. The van der Waals surface area contributed by atoms with Crippen molar-refractivity contribution in [2.75, 3.05) is 0 Å². The van der Waals surface area contributed by atoms with Gasteiger partial charge in [-0.25, -0.2) is 4.57 Å². The Hall–Kier alpha value is -3.39. The molecule has 6 rings (SSSR count). The van der Waals surface area contributed by atoms with Gasteiger partial charge in [-0.2, -0.15) is 0 Å². The molecule has 164 valence electrons. The van der Waals surface area contributed by atoms with Crippen LogP contribution in [-0.4, -0.2) is 0 Å². The predicted molar refractivity (Wildman–Crippen MR) is 136 cm³/mol. The first-order valence-electron chi connectivity index (χ1n) is 14.2. The van der Waals surface area contributed by atoms with Gasteiger partial charge in [0.05, 0.1) is 11.0 Å². The Morgan fingerprint density at radius 2 is 1.70 bits per heavy atom. The number of pyridine rings is 1. The fraction of sp³-hybridized carbons (Fsp3) is 0.258. The summed E-state index contributed by atoms with van der Waals surface area (Å²) < 4.78 is 52.7. The first-order chi connectivity index (χ1) is 18.2. The Kier molecular flexibility index (Phi) is 3.83. The Bertz CT molecular complexity index is 1700. The van der Waals surface area contributed by atoms with Gasteiger partial charge in [0.1, 0.15) is 18.2 Å². The third kappa shape index (κ3) is 3.54. The summed E-state index contributed by atoms with van der Waals surface area (Å²) in [4.78, 5) is 0. The van der Waals surface area contributed by atoms with Gasteiger partial charge in [0.2, 0.25) is 5.69 Å². The maximum atomic E-state index is 8.98. The van der Waals surface area contributed by atoms with Crippen LogP contribution in [0.2, 0.25) is 0 Å². The minimum Gasteiger partial charge on any atom is -0.455 e. The van der Waals surface area contributed by atoms with Gasteiger partial charge in [-0.1, -0.05) is 61.6 Å². The number of aromatic nitrogens is 1. The van der Waals surface area contributed by atoms with Crippen LogP contribution >= 0.6 is 0 Å². The largest absolute Gasteiger partial charge is 0.455 e. The molecule has 1 saturated carbocycles. The standard InChI is InChI=1S/C31H30NO/c1-21-11-17-27-26-18-16-25(24-14-12-23(13-15-24)22-8-4-3-5-9-22)20-29(26)33-31(27)30(21)28-10-6-7-19-32(28)2/h6-7,10-20,22H,3-5,8-9H2,1-2H3/q+1/i12D,13D,14D,15D,22D. The van der Waals surface area contributed by atoms with Crippen LogP contribution in [0.25, 0.3) is 44.3 Å². The third-order valence-corrected chi connectivity index (χ3v) is 6.89. The average Bonchev–Trinajstić information content (AvgIpc) is 3.26. The van der Waals surface area contributed by atoms with E-state index in [0.717, 1.165) is 52.4 Å². The lowest BCUT2D eigenvalue weighted by molar-refractivity contribution is -0.660. The Morgan fingerprint density at radius 3 is 2.48 bits per heavy atom. The molecular formula is C31H30NO+. The number of hydrogen-bond acceptors (Lipinski definition) is 1. The molecule has 0 unspecified atom stereocenters. The number of hydrogen-bond donors (Lipinski definition) is 0. The van der Waals surface area contributed by atoms with Crippen LogP contribution in [0.15, 0.2) is 83.3 Å². The minimum atomic E-state index is -1.07. The van der Waals surface area contributed by atoms with E-state index >= 15 is 0 Å². The van der Waals surface area contributed by atoms with E-state index in [-0.39, 0.29) is 35.3 Å². The van der Waals surface area contributed by atoms with E-state index in [4.69, 9.17) is 11.3 Å². The second kappa shape index (κ2) is 8.19. The van der Waals surface area contributed by atoms with Gasteiger partial charge < -0.3 is 4.42 Å². The topological polar surface area (TPSA) is 17.0 Å². The predicted octanol–water partition coefficient (Wildman–Crippen LogP) is 8.10. The van der Waals surface area contributed by atoms with Crippen molar-refractivity contribution >= 4 is 21.9 Å². The zero-order chi connectivity index (χ0) is 26.8. The van der Waals surface area contributed by atoms with E-state index in [1.807, 2.05) is 43.6 Å². The van der Waals surface area contributed by atoms with E-state index in [2.05, 4.69) is 29.7 Å². The van der Waals surface area contributed by atoms with Crippen molar-refractivity contribution in [3.05, 3.63) is 90.0 Å². The van der Waals surface area contributed by atoms with E-state index in [0.29, 0.717) is 24.0 Å². The lowest BCUT2D eigenvalue weighted by Gasteiger charge is -2.22. The molecule has 1 aliphatic carbocycles. The van der Waals surface area contributed by atoms with Crippen LogP contribution in [0.5, 0.6) is 0 Å². The van der Waals surface area contributed by atoms with Crippen molar-refractivity contribution in [1.29, 1.82) is 0 Å². The van der Waals surface area contributed by atoms with Gasteiger partial charge in [-0.15, -0.1) is 0 Å². The normalized spacial score (nSPS) is 17.9. The summed E-state index contributed by atoms with van der Waals surface area (Å²) in [6.45, 7) is 2.07. The van der Waals surface area contributed by atoms with Crippen molar-refractivity contribution in [1.82, 2.24) is 0 Å². The second-order valence-electron chi connectivity index (χ2n) is 9.06. The van der Waals surface area contributed by atoms with Crippen LogP contribution in [0.4, 0.5) is 0 Å². The number of rotatable bonds is 3. The summed E-state index contributed by atoms with van der Waals surface area (Å²) in [5, 5.41) is 1.92. The van der Waals surface area contributed by atoms with Crippen molar-refractivity contribution < 1.29 is 15.8 Å². The molecule has 0 N–H and O–H groups in total. The molecule has 2 nitrogen and oxygen atoms in total. The zero-order valence-corrected chi connectivity index (χ0v) is 19.1. The SMILES string of the molecule is [2H]c1c([2H])c(C2([2H])CCCCC2)c([2H])c([2H])c1-c1ccc2c(c1)oc1c(-c3cccc[n+]3C)c(C)ccc12. The smallest absolute Gasteiger partial charge is 0.216 e. The van der Waals surface area contributed by atoms with Crippen molar-refractivity contribution in [3.63, 3.8) is 0 Å². The molecule has 0 atom stereocenters. The van der Waals surface area contributed by atoms with Crippen molar-refractivity contribution in [3.8, 4) is 22.4 Å². The molecule has 0 radical (unpaired) electrons. The van der Waals surface area contributed by atoms with Gasteiger partial charge in [0, 0.05) is 24.3 Å². The van der Waals surface area contributed by atoms with Crippen LogP contribution in [-0.2, 0) is 7.05 Å². The van der Waals surface area contributed by atoms with Gasteiger partial charge in [-0.05, 0) is 66.1 Å². The third-order valence-electron chi connectivity index (χ3n) is 6.89. The fourth-order valence-corrected chi connectivity index (χ4v) is 5.06. The minimum absolute atomic E-state index is 0.0958. The van der Waals surface area contributed by atoms with E-state index in [1.165, 1.54) is 0 Å². The van der Waals surface area contributed by atoms with E-state index in [1.54, 1.807) is 0 Å². The summed E-state index contributed by atoms with van der Waals surface area (Å²) >= 11 is 0. The Morgan fingerprint density at radius 1 is 0.909 bits per heavy atom. The number of nitrogens with zero attached hydrogens (tertiary/aromatic N) is 1. The number of benzene rings is 3. The zero-order valence-electron chi connectivity index (χ0n) is 24.1. The lowest BCUT2D eigenvalue weighted by Crippen LogP contribution is -2.30. The quantitative estimate of drug-likeness (QED) is 0.261.